The van der Waals surface area contributed by atoms with Crippen molar-refractivity contribution in [1.29, 1.82) is 0 Å². The van der Waals surface area contributed by atoms with Crippen molar-refractivity contribution in [2.45, 2.75) is 6.42 Å². The highest BCUT2D eigenvalue weighted by Crippen LogP contribution is 2.17. The van der Waals surface area contributed by atoms with Crippen LogP contribution in [0.25, 0.3) is 11.2 Å². The highest BCUT2D eigenvalue weighted by molar-refractivity contribution is 6.30. The van der Waals surface area contributed by atoms with Crippen molar-refractivity contribution in [2.75, 3.05) is 0 Å². The third-order valence-electron chi connectivity index (χ3n) is 2.96. The zero-order valence-electron chi connectivity index (χ0n) is 10.3. The van der Waals surface area contributed by atoms with Gasteiger partial charge in [-0.05, 0) is 23.8 Å². The lowest BCUT2D eigenvalue weighted by atomic mass is 10.1. The second kappa shape index (κ2) is 4.94. The summed E-state index contributed by atoms with van der Waals surface area (Å²) < 4.78 is 0. The molecule has 0 aliphatic heterocycles. The van der Waals surface area contributed by atoms with Gasteiger partial charge in [-0.25, -0.2) is 14.8 Å². The van der Waals surface area contributed by atoms with Gasteiger partial charge < -0.3 is 10.1 Å². The molecular weight excluding hydrogens is 278 g/mol. The first-order valence-electron chi connectivity index (χ1n) is 5.95. The Morgan fingerprint density at radius 2 is 2.00 bits per heavy atom. The van der Waals surface area contributed by atoms with E-state index in [1.165, 1.54) is 12.3 Å². The van der Waals surface area contributed by atoms with Gasteiger partial charge in [-0.1, -0.05) is 23.7 Å². The summed E-state index contributed by atoms with van der Waals surface area (Å²) in [5.74, 6) is -0.331. The normalized spacial score (nSPS) is 10.8. The largest absolute Gasteiger partial charge is 0.478 e. The maximum Gasteiger partial charge on any atom is 0.338 e. The number of H-pyrrole nitrogens is 1. The Hall–Kier alpha value is -2.40. The molecule has 5 nitrogen and oxygen atoms in total. The fourth-order valence-electron chi connectivity index (χ4n) is 2.02. The number of aromatic nitrogens is 3. The molecule has 0 unspecified atom stereocenters. The summed E-state index contributed by atoms with van der Waals surface area (Å²) in [5, 5.41) is 9.80. The molecule has 0 aliphatic rings. The zero-order chi connectivity index (χ0) is 14.1. The van der Waals surface area contributed by atoms with E-state index in [1.807, 2.05) is 12.1 Å². The topological polar surface area (TPSA) is 78.9 Å². The van der Waals surface area contributed by atoms with Gasteiger partial charge in [0.2, 0.25) is 0 Å². The van der Waals surface area contributed by atoms with Gasteiger partial charge in [-0.15, -0.1) is 0 Å². The number of imidazole rings is 1. The third kappa shape index (κ3) is 2.35. The molecule has 0 fully saturated rings. The summed E-state index contributed by atoms with van der Waals surface area (Å²) in [6, 6.07) is 8.87. The van der Waals surface area contributed by atoms with Gasteiger partial charge in [0, 0.05) is 17.6 Å². The van der Waals surface area contributed by atoms with Crippen molar-refractivity contribution < 1.29 is 9.90 Å². The molecule has 3 aromatic rings. The molecule has 0 spiro atoms. The molecule has 0 aliphatic carbocycles. The lowest BCUT2D eigenvalue weighted by molar-refractivity contribution is 0.0698. The number of pyridine rings is 1. The lowest BCUT2D eigenvalue weighted by Crippen LogP contribution is -1.97. The quantitative estimate of drug-likeness (QED) is 0.776. The third-order valence-corrected chi connectivity index (χ3v) is 3.21. The van der Waals surface area contributed by atoms with E-state index in [0.717, 1.165) is 5.56 Å². The van der Waals surface area contributed by atoms with Crippen molar-refractivity contribution >= 4 is 28.7 Å². The Morgan fingerprint density at radius 1 is 1.25 bits per heavy atom. The predicted octanol–water partition coefficient (Wildman–Crippen LogP) is 2.90. The van der Waals surface area contributed by atoms with E-state index in [9.17, 15) is 4.79 Å². The van der Waals surface area contributed by atoms with E-state index in [4.69, 9.17) is 16.7 Å². The molecule has 0 saturated carbocycles. The van der Waals surface area contributed by atoms with Crippen LogP contribution in [0.2, 0.25) is 5.02 Å². The summed E-state index contributed by atoms with van der Waals surface area (Å²) in [6.45, 7) is 0. The summed E-state index contributed by atoms with van der Waals surface area (Å²) in [6.07, 6.45) is 2.01. The molecular formula is C14H10ClN3O2. The van der Waals surface area contributed by atoms with Crippen LogP contribution in [0.15, 0.2) is 36.5 Å². The second-order valence-electron chi connectivity index (χ2n) is 4.35. The van der Waals surface area contributed by atoms with Crippen molar-refractivity contribution in [3.63, 3.8) is 0 Å². The molecule has 3 rings (SSSR count). The summed E-state index contributed by atoms with van der Waals surface area (Å²) >= 11 is 5.84. The maximum atomic E-state index is 11.1. The Labute approximate surface area is 119 Å². The minimum Gasteiger partial charge on any atom is -0.478 e. The molecule has 100 valence electrons. The van der Waals surface area contributed by atoms with Crippen molar-refractivity contribution in [3.8, 4) is 0 Å². The van der Waals surface area contributed by atoms with Gasteiger partial charge in [0.15, 0.2) is 5.65 Å². The molecule has 2 heterocycles. The van der Waals surface area contributed by atoms with Crippen LogP contribution in [0, 0.1) is 0 Å². The molecule has 0 bridgehead atoms. The minimum absolute atomic E-state index is 0.171. The maximum absolute atomic E-state index is 11.1. The molecule has 0 atom stereocenters. The number of hydrogen-bond acceptors (Lipinski definition) is 3. The standard InChI is InChI=1S/C14H10ClN3O2/c15-9-3-1-8(2-4-9)7-11-17-12-10(14(19)20)5-6-16-13(12)18-11/h1-6H,7H2,(H,19,20)(H,16,17,18). The number of nitrogens with one attached hydrogen (secondary N) is 1. The van der Waals surface area contributed by atoms with E-state index >= 15 is 0 Å². The van der Waals surface area contributed by atoms with Crippen LogP contribution in [0.3, 0.4) is 0 Å². The van der Waals surface area contributed by atoms with E-state index in [-0.39, 0.29) is 5.56 Å². The first-order valence-corrected chi connectivity index (χ1v) is 6.32. The van der Waals surface area contributed by atoms with Crippen LogP contribution in [-0.4, -0.2) is 26.0 Å². The van der Waals surface area contributed by atoms with Gasteiger partial charge >= 0.3 is 5.97 Å². The molecule has 0 amide bonds. The highest BCUT2D eigenvalue weighted by Gasteiger charge is 2.13. The van der Waals surface area contributed by atoms with Gasteiger partial charge in [0.05, 0.1) is 11.1 Å². The average Bonchev–Trinajstić information content (AvgIpc) is 2.83. The van der Waals surface area contributed by atoms with Crippen molar-refractivity contribution in [2.24, 2.45) is 0 Å². The SMILES string of the molecule is O=C(O)c1ccnc2nc(Cc3ccc(Cl)cc3)[nH]c12. The van der Waals surface area contributed by atoms with E-state index < -0.39 is 5.97 Å². The van der Waals surface area contributed by atoms with Gasteiger partial charge in [-0.3, -0.25) is 0 Å². The number of carbonyl (C=O) groups is 1. The van der Waals surface area contributed by atoms with Crippen molar-refractivity contribution in [1.82, 2.24) is 15.0 Å². The number of aromatic carboxylic acids is 1. The average molecular weight is 288 g/mol. The number of rotatable bonds is 3. The summed E-state index contributed by atoms with van der Waals surface area (Å²) in [5.41, 5.74) is 2.06. The number of carboxylic acid groups (broad SMARTS) is 1. The number of aromatic amines is 1. The molecule has 2 aromatic heterocycles. The minimum atomic E-state index is -1.00. The van der Waals surface area contributed by atoms with Crippen LogP contribution < -0.4 is 0 Å². The van der Waals surface area contributed by atoms with Gasteiger partial charge in [0.25, 0.3) is 0 Å². The van der Waals surface area contributed by atoms with Crippen molar-refractivity contribution in [3.05, 3.63) is 58.5 Å². The van der Waals surface area contributed by atoms with Crippen LogP contribution in [0.4, 0.5) is 0 Å². The fourth-order valence-corrected chi connectivity index (χ4v) is 2.14. The van der Waals surface area contributed by atoms with Crippen LogP contribution in [-0.2, 0) is 6.42 Å². The molecule has 0 saturated heterocycles. The van der Waals surface area contributed by atoms with Crippen LogP contribution >= 0.6 is 11.6 Å². The Bertz CT molecular complexity index is 781. The smallest absolute Gasteiger partial charge is 0.338 e. The summed E-state index contributed by atoms with van der Waals surface area (Å²) in [4.78, 5) is 22.5. The second-order valence-corrected chi connectivity index (χ2v) is 4.79. The molecule has 20 heavy (non-hydrogen) atoms. The van der Waals surface area contributed by atoms with Crippen LogP contribution in [0.5, 0.6) is 0 Å². The number of carboxylic acids is 1. The fraction of sp³-hybridized carbons (Fsp3) is 0.0714. The zero-order valence-corrected chi connectivity index (χ0v) is 11.1. The lowest BCUT2D eigenvalue weighted by Gasteiger charge is -1.98. The van der Waals surface area contributed by atoms with E-state index in [2.05, 4.69) is 15.0 Å². The predicted molar refractivity (Wildman–Crippen MR) is 75.1 cm³/mol. The number of hydrogen-bond donors (Lipinski definition) is 2. The monoisotopic (exact) mass is 287 g/mol. The summed E-state index contributed by atoms with van der Waals surface area (Å²) in [7, 11) is 0. The highest BCUT2D eigenvalue weighted by atomic mass is 35.5. The van der Waals surface area contributed by atoms with E-state index in [1.54, 1.807) is 12.1 Å². The molecule has 1 aromatic carbocycles. The van der Waals surface area contributed by atoms with Gasteiger partial charge in [-0.2, -0.15) is 0 Å². The number of fused-ring (bicyclic) bond motifs is 1. The number of benzene rings is 1. The Balaban J connectivity index is 1.99. The Morgan fingerprint density at radius 3 is 2.70 bits per heavy atom. The first-order chi connectivity index (χ1) is 9.63. The Kier molecular flexibility index (Phi) is 3.12. The molecule has 2 N–H and O–H groups in total. The molecule has 6 heteroatoms. The number of halogens is 1. The molecule has 0 radical (unpaired) electrons. The van der Waals surface area contributed by atoms with E-state index in [0.29, 0.717) is 28.4 Å². The van der Waals surface area contributed by atoms with Gasteiger partial charge in [0.1, 0.15) is 5.82 Å². The van der Waals surface area contributed by atoms with Crippen LogP contribution in [0.1, 0.15) is 21.7 Å². The first kappa shape index (κ1) is 12.6. The number of nitrogens with zero attached hydrogens (tertiary/aromatic N) is 2.